The fourth-order valence-electron chi connectivity index (χ4n) is 1.84. The van der Waals surface area contributed by atoms with Crippen molar-refractivity contribution < 1.29 is 4.74 Å². The molecule has 0 saturated carbocycles. The maximum atomic E-state index is 5.42. The SMILES string of the molecule is CNC(c1ccccc1OC)c1sccc1Br. The van der Waals surface area contributed by atoms with Crippen molar-refractivity contribution in [2.75, 3.05) is 14.2 Å². The van der Waals surface area contributed by atoms with E-state index in [9.17, 15) is 0 Å². The van der Waals surface area contributed by atoms with E-state index in [2.05, 4.69) is 38.8 Å². The number of hydrogen-bond donors (Lipinski definition) is 1. The Morgan fingerprint density at radius 3 is 2.65 bits per heavy atom. The number of halogens is 1. The second kappa shape index (κ2) is 5.67. The first kappa shape index (κ1) is 12.6. The van der Waals surface area contributed by atoms with Crippen molar-refractivity contribution in [3.8, 4) is 5.75 Å². The van der Waals surface area contributed by atoms with Gasteiger partial charge in [0.1, 0.15) is 5.75 Å². The monoisotopic (exact) mass is 311 g/mol. The Hall–Kier alpha value is -0.840. The molecule has 0 amide bonds. The molecule has 0 spiro atoms. The zero-order chi connectivity index (χ0) is 12.3. The molecule has 1 N–H and O–H groups in total. The van der Waals surface area contributed by atoms with Crippen molar-refractivity contribution in [2.45, 2.75) is 6.04 Å². The highest BCUT2D eigenvalue weighted by Gasteiger charge is 2.19. The Labute approximate surface area is 114 Å². The van der Waals surface area contributed by atoms with Gasteiger partial charge in [0.15, 0.2) is 0 Å². The molecule has 0 bridgehead atoms. The minimum atomic E-state index is 0.153. The molecule has 2 aromatic rings. The third-order valence-corrected chi connectivity index (χ3v) is 4.58. The Kier molecular flexibility index (Phi) is 4.20. The van der Waals surface area contributed by atoms with E-state index >= 15 is 0 Å². The van der Waals surface area contributed by atoms with Gasteiger partial charge in [-0.2, -0.15) is 0 Å². The molecule has 0 aliphatic rings. The van der Waals surface area contributed by atoms with Crippen LogP contribution in [-0.2, 0) is 0 Å². The molecule has 2 nitrogen and oxygen atoms in total. The number of ether oxygens (including phenoxy) is 1. The van der Waals surface area contributed by atoms with Gasteiger partial charge in [0.2, 0.25) is 0 Å². The fraction of sp³-hybridized carbons (Fsp3) is 0.231. The highest BCUT2D eigenvalue weighted by Crippen LogP contribution is 2.36. The summed E-state index contributed by atoms with van der Waals surface area (Å²) >= 11 is 5.31. The molecule has 0 aliphatic heterocycles. The third kappa shape index (κ3) is 2.54. The summed E-state index contributed by atoms with van der Waals surface area (Å²) < 4.78 is 6.55. The molecule has 0 radical (unpaired) electrons. The number of benzene rings is 1. The number of rotatable bonds is 4. The predicted octanol–water partition coefficient (Wildman–Crippen LogP) is 3.83. The lowest BCUT2D eigenvalue weighted by Gasteiger charge is -2.18. The van der Waals surface area contributed by atoms with Gasteiger partial charge in [-0.05, 0) is 40.5 Å². The maximum Gasteiger partial charge on any atom is 0.124 e. The van der Waals surface area contributed by atoms with Crippen molar-refractivity contribution in [3.63, 3.8) is 0 Å². The predicted molar refractivity (Wildman–Crippen MR) is 75.9 cm³/mol. The molecule has 4 heteroatoms. The van der Waals surface area contributed by atoms with Gasteiger partial charge in [0.25, 0.3) is 0 Å². The van der Waals surface area contributed by atoms with Crippen molar-refractivity contribution >= 4 is 27.3 Å². The topological polar surface area (TPSA) is 21.3 Å². The number of para-hydroxylation sites is 1. The van der Waals surface area contributed by atoms with Crippen LogP contribution in [0, 0.1) is 0 Å². The van der Waals surface area contributed by atoms with E-state index in [1.54, 1.807) is 18.4 Å². The average molecular weight is 312 g/mol. The van der Waals surface area contributed by atoms with Crippen LogP contribution in [0.5, 0.6) is 5.75 Å². The first-order valence-electron chi connectivity index (χ1n) is 5.31. The minimum absolute atomic E-state index is 0.153. The van der Waals surface area contributed by atoms with Gasteiger partial charge < -0.3 is 10.1 Å². The lowest BCUT2D eigenvalue weighted by Crippen LogP contribution is -2.17. The number of methoxy groups -OCH3 is 1. The summed E-state index contributed by atoms with van der Waals surface area (Å²) in [5, 5.41) is 5.42. The van der Waals surface area contributed by atoms with E-state index < -0.39 is 0 Å². The standard InChI is InChI=1S/C13H14BrNOS/c1-15-12(13-10(14)7-8-17-13)9-5-3-4-6-11(9)16-2/h3-8,12,15H,1-2H3. The van der Waals surface area contributed by atoms with Crippen LogP contribution in [-0.4, -0.2) is 14.2 Å². The van der Waals surface area contributed by atoms with Crippen molar-refractivity contribution in [3.05, 3.63) is 50.6 Å². The first-order chi connectivity index (χ1) is 8.27. The summed E-state index contributed by atoms with van der Waals surface area (Å²) in [7, 11) is 3.66. The summed E-state index contributed by atoms with van der Waals surface area (Å²) in [6, 6.07) is 10.3. The van der Waals surface area contributed by atoms with E-state index in [0.717, 1.165) is 15.8 Å². The molecule has 1 aromatic heterocycles. The van der Waals surface area contributed by atoms with Crippen LogP contribution >= 0.6 is 27.3 Å². The van der Waals surface area contributed by atoms with Gasteiger partial charge in [-0.1, -0.05) is 18.2 Å². The Morgan fingerprint density at radius 1 is 1.29 bits per heavy atom. The molecule has 1 aromatic carbocycles. The Bertz CT molecular complexity index is 498. The summed E-state index contributed by atoms with van der Waals surface area (Å²) in [5.74, 6) is 0.909. The van der Waals surface area contributed by atoms with Gasteiger partial charge in [-0.3, -0.25) is 0 Å². The zero-order valence-corrected chi connectivity index (χ0v) is 12.1. The second-order valence-electron chi connectivity index (χ2n) is 3.60. The van der Waals surface area contributed by atoms with Gasteiger partial charge in [0, 0.05) is 14.9 Å². The molecule has 0 fully saturated rings. The quantitative estimate of drug-likeness (QED) is 0.926. The molecular weight excluding hydrogens is 298 g/mol. The van der Waals surface area contributed by atoms with Crippen molar-refractivity contribution in [2.24, 2.45) is 0 Å². The van der Waals surface area contributed by atoms with Crippen LogP contribution in [0.25, 0.3) is 0 Å². The van der Waals surface area contributed by atoms with E-state index in [4.69, 9.17) is 4.74 Å². The molecule has 0 aliphatic carbocycles. The van der Waals surface area contributed by atoms with E-state index in [-0.39, 0.29) is 6.04 Å². The zero-order valence-electron chi connectivity index (χ0n) is 9.74. The molecule has 17 heavy (non-hydrogen) atoms. The Morgan fingerprint density at radius 2 is 2.06 bits per heavy atom. The van der Waals surface area contributed by atoms with E-state index in [0.29, 0.717) is 0 Å². The number of hydrogen-bond acceptors (Lipinski definition) is 3. The van der Waals surface area contributed by atoms with Gasteiger partial charge in [-0.15, -0.1) is 11.3 Å². The normalized spacial score (nSPS) is 12.4. The highest BCUT2D eigenvalue weighted by molar-refractivity contribution is 9.10. The summed E-state index contributed by atoms with van der Waals surface area (Å²) in [6.45, 7) is 0. The fourth-order valence-corrected chi connectivity index (χ4v) is 3.57. The van der Waals surface area contributed by atoms with E-state index in [1.165, 1.54) is 4.88 Å². The van der Waals surface area contributed by atoms with Crippen LogP contribution < -0.4 is 10.1 Å². The first-order valence-corrected chi connectivity index (χ1v) is 6.98. The van der Waals surface area contributed by atoms with Crippen molar-refractivity contribution in [1.29, 1.82) is 0 Å². The number of nitrogens with one attached hydrogen (secondary N) is 1. The highest BCUT2D eigenvalue weighted by atomic mass is 79.9. The third-order valence-electron chi connectivity index (χ3n) is 2.65. The summed E-state index contributed by atoms with van der Waals surface area (Å²) in [6.07, 6.45) is 0. The Balaban J connectivity index is 2.46. The molecule has 1 unspecified atom stereocenters. The van der Waals surface area contributed by atoms with Crippen LogP contribution in [0.4, 0.5) is 0 Å². The largest absolute Gasteiger partial charge is 0.496 e. The molecular formula is C13H14BrNOS. The minimum Gasteiger partial charge on any atom is -0.496 e. The molecule has 1 heterocycles. The molecule has 90 valence electrons. The molecule has 1 atom stereocenters. The van der Waals surface area contributed by atoms with Crippen LogP contribution in [0.1, 0.15) is 16.5 Å². The van der Waals surface area contributed by atoms with E-state index in [1.807, 2.05) is 25.2 Å². The lowest BCUT2D eigenvalue weighted by molar-refractivity contribution is 0.405. The lowest BCUT2D eigenvalue weighted by atomic mass is 10.0. The smallest absolute Gasteiger partial charge is 0.124 e. The van der Waals surface area contributed by atoms with Crippen LogP contribution in [0.15, 0.2) is 40.2 Å². The van der Waals surface area contributed by atoms with Crippen LogP contribution in [0.3, 0.4) is 0 Å². The second-order valence-corrected chi connectivity index (χ2v) is 5.40. The molecule has 0 saturated heterocycles. The van der Waals surface area contributed by atoms with Gasteiger partial charge in [-0.25, -0.2) is 0 Å². The summed E-state index contributed by atoms with van der Waals surface area (Å²) in [4.78, 5) is 1.26. The average Bonchev–Trinajstić information content (AvgIpc) is 2.78. The van der Waals surface area contributed by atoms with Gasteiger partial charge >= 0.3 is 0 Å². The van der Waals surface area contributed by atoms with Gasteiger partial charge in [0.05, 0.1) is 13.2 Å². The summed E-state index contributed by atoms with van der Waals surface area (Å²) in [5.41, 5.74) is 1.15. The van der Waals surface area contributed by atoms with Crippen molar-refractivity contribution in [1.82, 2.24) is 5.32 Å². The maximum absolute atomic E-state index is 5.42. The number of thiophene rings is 1. The molecule has 2 rings (SSSR count). The van der Waals surface area contributed by atoms with Crippen LogP contribution in [0.2, 0.25) is 0 Å².